The molecule has 0 aliphatic heterocycles. The summed E-state index contributed by atoms with van der Waals surface area (Å²) < 4.78 is 0. The van der Waals surface area contributed by atoms with Crippen molar-refractivity contribution in [1.82, 2.24) is 4.90 Å². The molecule has 1 N–H and O–H groups in total. The van der Waals surface area contributed by atoms with Gasteiger partial charge >= 0.3 is 5.97 Å². The summed E-state index contributed by atoms with van der Waals surface area (Å²) in [6.45, 7) is 3.85. The van der Waals surface area contributed by atoms with Crippen molar-refractivity contribution < 1.29 is 14.7 Å². The number of carboxylic acids is 1. The van der Waals surface area contributed by atoms with E-state index < -0.39 is 12.0 Å². The molecule has 0 radical (unpaired) electrons. The zero-order chi connectivity index (χ0) is 14.7. The molecule has 1 atom stereocenters. The van der Waals surface area contributed by atoms with Gasteiger partial charge in [-0.05, 0) is 36.3 Å². The molecule has 4 heteroatoms. The lowest BCUT2D eigenvalue weighted by Crippen LogP contribution is -2.38. The molecule has 0 aromatic heterocycles. The Kier molecular flexibility index (Phi) is 4.42. The molecule has 108 valence electrons. The molecule has 4 nitrogen and oxygen atoms in total. The molecule has 20 heavy (non-hydrogen) atoms. The van der Waals surface area contributed by atoms with Gasteiger partial charge in [0.05, 0.1) is 0 Å². The van der Waals surface area contributed by atoms with Crippen molar-refractivity contribution in [2.75, 3.05) is 6.54 Å². The smallest absolute Gasteiger partial charge is 0.331 e. The van der Waals surface area contributed by atoms with Gasteiger partial charge in [-0.1, -0.05) is 31.2 Å². The van der Waals surface area contributed by atoms with Crippen LogP contribution in [0.4, 0.5) is 0 Å². The Morgan fingerprint density at radius 3 is 2.50 bits per heavy atom. The highest BCUT2D eigenvalue weighted by Gasteiger charge is 2.34. The Hall–Kier alpha value is -1.84. The molecular formula is C16H21NO3. The normalized spacial score (nSPS) is 15.7. The number of nitrogens with zero attached hydrogens (tertiary/aromatic N) is 1. The molecular weight excluding hydrogens is 254 g/mol. The minimum absolute atomic E-state index is 0.190. The van der Waals surface area contributed by atoms with Crippen LogP contribution in [-0.2, 0) is 9.59 Å². The molecule has 1 aliphatic rings. The Morgan fingerprint density at radius 1 is 1.35 bits per heavy atom. The number of benzene rings is 1. The number of carbonyl (C=O) groups is 2. The van der Waals surface area contributed by atoms with Crippen molar-refractivity contribution >= 4 is 11.9 Å². The maximum Gasteiger partial charge on any atom is 0.331 e. The predicted molar refractivity (Wildman–Crippen MR) is 76.5 cm³/mol. The molecule has 2 rings (SSSR count). The highest BCUT2D eigenvalue weighted by molar-refractivity contribution is 5.84. The average Bonchev–Trinajstić information content (AvgIpc) is 3.22. The van der Waals surface area contributed by atoms with E-state index in [4.69, 9.17) is 0 Å². The van der Waals surface area contributed by atoms with Crippen LogP contribution in [0.3, 0.4) is 0 Å². The quantitative estimate of drug-likeness (QED) is 0.868. The van der Waals surface area contributed by atoms with E-state index in [2.05, 4.69) is 0 Å². The SMILES string of the molecule is CCCN(C(C)=O)C(C(=O)O)c1ccccc1C1CC1. The van der Waals surface area contributed by atoms with Crippen molar-refractivity contribution in [2.24, 2.45) is 0 Å². The van der Waals surface area contributed by atoms with E-state index in [1.54, 1.807) is 0 Å². The third-order valence-corrected chi connectivity index (χ3v) is 3.72. The Bertz CT molecular complexity index is 508. The van der Waals surface area contributed by atoms with E-state index in [-0.39, 0.29) is 5.91 Å². The molecule has 1 aromatic carbocycles. The monoisotopic (exact) mass is 275 g/mol. The molecule has 0 bridgehead atoms. The highest BCUT2D eigenvalue weighted by Crippen LogP contribution is 2.43. The average molecular weight is 275 g/mol. The second-order valence-electron chi connectivity index (χ2n) is 5.36. The summed E-state index contributed by atoms with van der Waals surface area (Å²) in [5.74, 6) is -0.685. The first-order valence-corrected chi connectivity index (χ1v) is 7.15. The van der Waals surface area contributed by atoms with Crippen LogP contribution in [0.15, 0.2) is 24.3 Å². The van der Waals surface area contributed by atoms with Crippen molar-refractivity contribution in [3.8, 4) is 0 Å². The maximum absolute atomic E-state index is 11.8. The Morgan fingerprint density at radius 2 is 2.00 bits per heavy atom. The van der Waals surface area contributed by atoms with Crippen molar-refractivity contribution in [1.29, 1.82) is 0 Å². The molecule has 1 saturated carbocycles. The van der Waals surface area contributed by atoms with Crippen LogP contribution in [-0.4, -0.2) is 28.4 Å². The van der Waals surface area contributed by atoms with E-state index in [0.717, 1.165) is 30.4 Å². The van der Waals surface area contributed by atoms with E-state index in [9.17, 15) is 14.7 Å². The van der Waals surface area contributed by atoms with Gasteiger partial charge in [0, 0.05) is 13.5 Å². The molecule has 0 saturated heterocycles. The lowest BCUT2D eigenvalue weighted by atomic mass is 9.95. The molecule has 1 fully saturated rings. The van der Waals surface area contributed by atoms with Crippen LogP contribution in [0.5, 0.6) is 0 Å². The lowest BCUT2D eigenvalue weighted by Gasteiger charge is -2.29. The lowest BCUT2D eigenvalue weighted by molar-refractivity contribution is -0.149. The summed E-state index contributed by atoms with van der Waals surface area (Å²) in [4.78, 5) is 25.0. The van der Waals surface area contributed by atoms with Crippen LogP contribution in [0.2, 0.25) is 0 Å². The minimum atomic E-state index is -0.957. The van der Waals surface area contributed by atoms with Gasteiger partial charge in [0.15, 0.2) is 6.04 Å². The van der Waals surface area contributed by atoms with Gasteiger partial charge in [0.25, 0.3) is 0 Å². The Labute approximate surface area is 119 Å². The van der Waals surface area contributed by atoms with E-state index in [1.165, 1.54) is 11.8 Å². The van der Waals surface area contributed by atoms with Gasteiger partial charge < -0.3 is 10.0 Å². The van der Waals surface area contributed by atoms with Crippen LogP contribution in [0, 0.1) is 0 Å². The van der Waals surface area contributed by atoms with Crippen molar-refractivity contribution in [3.05, 3.63) is 35.4 Å². The molecule has 1 amide bonds. The molecule has 1 aliphatic carbocycles. The van der Waals surface area contributed by atoms with Crippen LogP contribution in [0.25, 0.3) is 0 Å². The predicted octanol–water partition coefficient (Wildman–Crippen LogP) is 2.95. The summed E-state index contributed by atoms with van der Waals surface area (Å²) in [6.07, 6.45) is 2.96. The maximum atomic E-state index is 11.8. The number of carbonyl (C=O) groups excluding carboxylic acids is 1. The number of hydrogen-bond acceptors (Lipinski definition) is 2. The van der Waals surface area contributed by atoms with Crippen molar-refractivity contribution in [2.45, 2.75) is 45.1 Å². The van der Waals surface area contributed by atoms with Gasteiger partial charge in [0.1, 0.15) is 0 Å². The second kappa shape index (κ2) is 6.07. The molecule has 1 unspecified atom stereocenters. The van der Waals surface area contributed by atoms with Gasteiger partial charge in [0.2, 0.25) is 5.91 Å². The summed E-state index contributed by atoms with van der Waals surface area (Å²) in [5, 5.41) is 9.61. The van der Waals surface area contributed by atoms with Gasteiger partial charge in [-0.2, -0.15) is 0 Å². The first-order chi connectivity index (χ1) is 9.56. The number of carboxylic acid groups (broad SMARTS) is 1. The fourth-order valence-electron chi connectivity index (χ4n) is 2.67. The minimum Gasteiger partial charge on any atom is -0.479 e. The standard InChI is InChI=1S/C16H21NO3/c1-3-10-17(11(2)18)15(16(19)20)14-7-5-4-6-13(14)12-8-9-12/h4-7,12,15H,3,8-10H2,1-2H3,(H,19,20). The van der Waals surface area contributed by atoms with Crippen molar-refractivity contribution in [3.63, 3.8) is 0 Å². The van der Waals surface area contributed by atoms with Gasteiger partial charge in [-0.25, -0.2) is 4.79 Å². The van der Waals surface area contributed by atoms with Crippen LogP contribution in [0.1, 0.15) is 56.2 Å². The van der Waals surface area contributed by atoms with Crippen LogP contribution < -0.4 is 0 Å². The third-order valence-electron chi connectivity index (χ3n) is 3.72. The number of aliphatic carboxylic acids is 1. The largest absolute Gasteiger partial charge is 0.479 e. The van der Waals surface area contributed by atoms with Crippen LogP contribution >= 0.6 is 0 Å². The number of rotatable bonds is 6. The first-order valence-electron chi connectivity index (χ1n) is 7.15. The second-order valence-corrected chi connectivity index (χ2v) is 5.36. The summed E-state index contributed by atoms with van der Waals surface area (Å²) in [6, 6.07) is 6.75. The molecule has 0 spiro atoms. The number of amides is 1. The number of hydrogen-bond donors (Lipinski definition) is 1. The fraction of sp³-hybridized carbons (Fsp3) is 0.500. The molecule has 1 aromatic rings. The first kappa shape index (κ1) is 14.6. The zero-order valence-corrected chi connectivity index (χ0v) is 12.0. The zero-order valence-electron chi connectivity index (χ0n) is 12.0. The topological polar surface area (TPSA) is 57.6 Å². The summed E-state index contributed by atoms with van der Waals surface area (Å²) in [5.41, 5.74) is 1.86. The van der Waals surface area contributed by atoms with E-state index in [1.807, 2.05) is 31.2 Å². The highest BCUT2D eigenvalue weighted by atomic mass is 16.4. The summed E-state index contributed by atoms with van der Waals surface area (Å²) in [7, 11) is 0. The van der Waals surface area contributed by atoms with E-state index in [0.29, 0.717) is 12.5 Å². The van der Waals surface area contributed by atoms with Gasteiger partial charge in [-0.3, -0.25) is 4.79 Å². The van der Waals surface area contributed by atoms with Gasteiger partial charge in [-0.15, -0.1) is 0 Å². The third kappa shape index (κ3) is 3.00. The fourth-order valence-corrected chi connectivity index (χ4v) is 2.67. The summed E-state index contributed by atoms with van der Waals surface area (Å²) >= 11 is 0. The molecule has 0 heterocycles. The van der Waals surface area contributed by atoms with E-state index >= 15 is 0 Å². The Balaban J connectivity index is 2.42.